The van der Waals surface area contributed by atoms with Crippen LogP contribution in [0.2, 0.25) is 0 Å². The van der Waals surface area contributed by atoms with Gasteiger partial charge in [-0.1, -0.05) is 67.4 Å². The number of nitrogens with zero attached hydrogens (tertiary/aromatic N) is 1. The Kier molecular flexibility index (Phi) is 9.83. The Morgan fingerprint density at radius 2 is 1.59 bits per heavy atom. The standard InChI is InChI=1S/C31H36N4O4/c32-20-29(37)34-28-13-7-6-12-27(28)30(38)26-11-5-4-10-25(26)23-16-14-22(15-17-23)21-35(31(39)33-18-19-36)24-8-2-1-3-9-24/h1-3,6-9,12-17,25-26,36H,4-5,10-11,18-21,32H2,(H,33,39)(H,34,37)/t25-,26-/m0/s1. The number of urea groups is 1. The molecule has 39 heavy (non-hydrogen) atoms. The predicted octanol–water partition coefficient (Wildman–Crippen LogP) is 4.45. The molecule has 1 saturated carbocycles. The summed E-state index contributed by atoms with van der Waals surface area (Å²) in [5, 5.41) is 14.6. The van der Waals surface area contributed by atoms with Crippen molar-refractivity contribution in [1.82, 2.24) is 5.32 Å². The molecule has 2 atom stereocenters. The first-order valence-electron chi connectivity index (χ1n) is 13.4. The SMILES string of the molecule is NCC(=O)Nc1ccccc1C(=O)[C@H]1CCCC[C@H]1c1ccc(CN(C(=O)NCCO)c2ccccc2)cc1. The zero-order valence-corrected chi connectivity index (χ0v) is 22.0. The van der Waals surface area contributed by atoms with E-state index >= 15 is 0 Å². The molecule has 0 radical (unpaired) electrons. The van der Waals surface area contributed by atoms with Crippen molar-refractivity contribution in [2.45, 2.75) is 38.1 Å². The van der Waals surface area contributed by atoms with E-state index in [9.17, 15) is 14.4 Å². The van der Waals surface area contributed by atoms with Gasteiger partial charge >= 0.3 is 6.03 Å². The third kappa shape index (κ3) is 7.10. The van der Waals surface area contributed by atoms with E-state index in [4.69, 9.17) is 10.8 Å². The van der Waals surface area contributed by atoms with Crippen molar-refractivity contribution in [2.24, 2.45) is 11.7 Å². The maximum absolute atomic E-state index is 13.8. The Morgan fingerprint density at radius 3 is 2.31 bits per heavy atom. The van der Waals surface area contributed by atoms with Crippen LogP contribution < -0.4 is 21.3 Å². The van der Waals surface area contributed by atoms with Gasteiger partial charge < -0.3 is 21.5 Å². The number of hydrogen-bond acceptors (Lipinski definition) is 5. The summed E-state index contributed by atoms with van der Waals surface area (Å²) in [6.07, 6.45) is 3.73. The minimum absolute atomic E-state index is 0.0347. The predicted molar refractivity (Wildman–Crippen MR) is 153 cm³/mol. The second-order valence-electron chi connectivity index (χ2n) is 9.78. The van der Waals surface area contributed by atoms with E-state index in [-0.39, 0.29) is 49.3 Å². The summed E-state index contributed by atoms with van der Waals surface area (Å²) in [6, 6.07) is 24.4. The van der Waals surface area contributed by atoms with Crippen LogP contribution in [-0.2, 0) is 11.3 Å². The van der Waals surface area contributed by atoms with E-state index in [1.54, 1.807) is 23.1 Å². The molecule has 1 aliphatic rings. The number of benzene rings is 3. The molecule has 8 heteroatoms. The van der Waals surface area contributed by atoms with E-state index < -0.39 is 0 Å². The van der Waals surface area contributed by atoms with Crippen LogP contribution in [0.5, 0.6) is 0 Å². The minimum Gasteiger partial charge on any atom is -0.395 e. The Labute approximate surface area is 229 Å². The third-order valence-electron chi connectivity index (χ3n) is 7.20. The summed E-state index contributed by atoms with van der Waals surface area (Å²) in [5.74, 6) is -0.421. The van der Waals surface area contributed by atoms with Gasteiger partial charge in [0.1, 0.15) is 0 Å². The number of nitrogens with one attached hydrogen (secondary N) is 2. The lowest BCUT2D eigenvalue weighted by Gasteiger charge is -2.31. The number of amides is 3. The number of hydrogen-bond donors (Lipinski definition) is 4. The van der Waals surface area contributed by atoms with Crippen molar-refractivity contribution in [3.8, 4) is 0 Å². The number of anilines is 2. The second-order valence-corrected chi connectivity index (χ2v) is 9.78. The molecule has 0 aliphatic heterocycles. The lowest BCUT2D eigenvalue weighted by Crippen LogP contribution is -2.40. The summed E-state index contributed by atoms with van der Waals surface area (Å²) < 4.78 is 0. The summed E-state index contributed by atoms with van der Waals surface area (Å²) in [7, 11) is 0. The second kappa shape index (κ2) is 13.7. The number of aliphatic hydroxyl groups is 1. The van der Waals surface area contributed by atoms with Gasteiger partial charge in [0, 0.05) is 23.7 Å². The van der Waals surface area contributed by atoms with Crippen molar-refractivity contribution < 1.29 is 19.5 Å². The zero-order chi connectivity index (χ0) is 27.6. The minimum atomic E-state index is -0.333. The molecule has 0 heterocycles. The van der Waals surface area contributed by atoms with Crippen LogP contribution in [0, 0.1) is 5.92 Å². The van der Waals surface area contributed by atoms with Gasteiger partial charge in [0.2, 0.25) is 5.91 Å². The highest BCUT2D eigenvalue weighted by Crippen LogP contribution is 2.40. The average molecular weight is 529 g/mol. The van der Waals surface area contributed by atoms with Gasteiger partial charge in [0.05, 0.1) is 25.4 Å². The Morgan fingerprint density at radius 1 is 0.897 bits per heavy atom. The molecule has 5 N–H and O–H groups in total. The Bertz CT molecular complexity index is 1260. The van der Waals surface area contributed by atoms with Gasteiger partial charge in [-0.25, -0.2) is 4.79 Å². The van der Waals surface area contributed by atoms with E-state index in [2.05, 4.69) is 22.8 Å². The fourth-order valence-electron chi connectivity index (χ4n) is 5.25. The molecule has 0 unspecified atom stereocenters. The van der Waals surface area contributed by atoms with Crippen LogP contribution in [0.15, 0.2) is 78.9 Å². The molecule has 1 aliphatic carbocycles. The largest absolute Gasteiger partial charge is 0.395 e. The van der Waals surface area contributed by atoms with Gasteiger partial charge in [-0.2, -0.15) is 0 Å². The molecular weight excluding hydrogens is 492 g/mol. The highest BCUT2D eigenvalue weighted by Gasteiger charge is 2.33. The molecule has 3 aromatic carbocycles. The van der Waals surface area contributed by atoms with Gasteiger partial charge in [-0.05, 0) is 54.2 Å². The summed E-state index contributed by atoms with van der Waals surface area (Å²) in [4.78, 5) is 40.1. The Hall–Kier alpha value is -4.01. The molecule has 3 aromatic rings. The molecular formula is C31H36N4O4. The molecule has 204 valence electrons. The van der Waals surface area contributed by atoms with Crippen LogP contribution in [0.25, 0.3) is 0 Å². The lowest BCUT2D eigenvalue weighted by molar-refractivity contribution is -0.114. The number of carbonyl (C=O) groups excluding carboxylic acids is 3. The maximum Gasteiger partial charge on any atom is 0.322 e. The van der Waals surface area contributed by atoms with E-state index in [1.807, 2.05) is 48.5 Å². The van der Waals surface area contributed by atoms with Gasteiger partial charge in [-0.15, -0.1) is 0 Å². The number of aliphatic hydroxyl groups excluding tert-OH is 1. The van der Waals surface area contributed by atoms with Crippen molar-refractivity contribution >= 4 is 29.1 Å². The molecule has 0 saturated heterocycles. The molecule has 4 rings (SSSR count). The summed E-state index contributed by atoms with van der Waals surface area (Å²) in [5.41, 5.74) is 9.29. The van der Waals surface area contributed by atoms with E-state index in [0.717, 1.165) is 42.5 Å². The van der Waals surface area contributed by atoms with E-state index in [1.165, 1.54) is 0 Å². The maximum atomic E-state index is 13.8. The summed E-state index contributed by atoms with van der Waals surface area (Å²) in [6.45, 7) is 0.264. The normalized spacial score (nSPS) is 16.8. The number of ketones is 1. The number of para-hydroxylation sites is 2. The van der Waals surface area contributed by atoms with Crippen LogP contribution in [0.1, 0.15) is 53.1 Å². The summed E-state index contributed by atoms with van der Waals surface area (Å²) >= 11 is 0. The van der Waals surface area contributed by atoms with Gasteiger partial charge in [0.25, 0.3) is 0 Å². The third-order valence-corrected chi connectivity index (χ3v) is 7.20. The zero-order valence-electron chi connectivity index (χ0n) is 22.0. The van der Waals surface area contributed by atoms with Crippen LogP contribution in [0.3, 0.4) is 0 Å². The number of rotatable bonds is 10. The first-order chi connectivity index (χ1) is 19.0. The molecule has 3 amide bonds. The van der Waals surface area contributed by atoms with Crippen molar-refractivity contribution in [1.29, 1.82) is 0 Å². The molecule has 0 spiro atoms. The first-order valence-corrected chi connectivity index (χ1v) is 13.4. The van der Waals surface area contributed by atoms with Crippen molar-refractivity contribution in [3.05, 3.63) is 95.6 Å². The molecule has 8 nitrogen and oxygen atoms in total. The Balaban J connectivity index is 1.53. The van der Waals surface area contributed by atoms with Crippen molar-refractivity contribution in [3.63, 3.8) is 0 Å². The smallest absolute Gasteiger partial charge is 0.322 e. The highest BCUT2D eigenvalue weighted by atomic mass is 16.3. The molecule has 1 fully saturated rings. The molecule has 0 bridgehead atoms. The number of nitrogens with two attached hydrogens (primary N) is 1. The average Bonchev–Trinajstić information content (AvgIpc) is 2.99. The topological polar surface area (TPSA) is 125 Å². The van der Waals surface area contributed by atoms with E-state index in [0.29, 0.717) is 17.8 Å². The van der Waals surface area contributed by atoms with Crippen LogP contribution in [0.4, 0.5) is 16.2 Å². The van der Waals surface area contributed by atoms with Crippen LogP contribution >= 0.6 is 0 Å². The lowest BCUT2D eigenvalue weighted by atomic mass is 9.72. The molecule has 0 aromatic heterocycles. The highest BCUT2D eigenvalue weighted by molar-refractivity contribution is 6.06. The first kappa shape index (κ1) is 28.0. The van der Waals surface area contributed by atoms with Gasteiger partial charge in [0.15, 0.2) is 5.78 Å². The van der Waals surface area contributed by atoms with Crippen molar-refractivity contribution in [2.75, 3.05) is 29.9 Å². The number of carbonyl (C=O) groups is 3. The quantitative estimate of drug-likeness (QED) is 0.290. The van der Waals surface area contributed by atoms with Gasteiger partial charge in [-0.3, -0.25) is 14.5 Å². The number of Topliss-reactive ketones (excluding diaryl/α,β-unsaturated/α-hetero) is 1. The fraction of sp³-hybridized carbons (Fsp3) is 0.323. The van der Waals surface area contributed by atoms with Crippen LogP contribution in [-0.4, -0.2) is 42.5 Å². The fourth-order valence-corrected chi connectivity index (χ4v) is 5.25. The monoisotopic (exact) mass is 528 g/mol.